The normalized spacial score (nSPS) is 15.9. The van der Waals surface area contributed by atoms with E-state index in [-0.39, 0.29) is 5.91 Å². The predicted octanol–water partition coefficient (Wildman–Crippen LogP) is 4.74. The predicted molar refractivity (Wildman–Crippen MR) is 111 cm³/mol. The summed E-state index contributed by atoms with van der Waals surface area (Å²) in [4.78, 5) is 14.9. The van der Waals surface area contributed by atoms with E-state index in [2.05, 4.69) is 5.10 Å². The lowest BCUT2D eigenvalue weighted by atomic mass is 10.2. The molecule has 1 aliphatic rings. The van der Waals surface area contributed by atoms with Gasteiger partial charge in [-0.25, -0.2) is 4.68 Å². The fourth-order valence-corrected chi connectivity index (χ4v) is 4.17. The highest BCUT2D eigenvalue weighted by molar-refractivity contribution is 8.26. The number of para-hydroxylation sites is 1. The summed E-state index contributed by atoms with van der Waals surface area (Å²) in [5.74, 6) is 0.602. The van der Waals surface area contributed by atoms with Crippen molar-refractivity contribution in [2.75, 3.05) is 6.54 Å². The highest BCUT2D eigenvalue weighted by atomic mass is 32.2. The minimum Gasteiger partial charge on any atom is -0.463 e. The van der Waals surface area contributed by atoms with E-state index in [0.29, 0.717) is 27.2 Å². The molecule has 1 aromatic carbocycles. The number of nitrogens with zero attached hydrogens (tertiary/aromatic N) is 3. The minimum absolute atomic E-state index is 0.0512. The van der Waals surface area contributed by atoms with Crippen LogP contribution in [-0.2, 0) is 4.79 Å². The largest absolute Gasteiger partial charge is 0.463 e. The number of aromatic nitrogens is 2. The summed E-state index contributed by atoms with van der Waals surface area (Å²) >= 11 is 6.69. The number of hydrogen-bond donors (Lipinski definition) is 0. The molecule has 0 unspecified atom stereocenters. The van der Waals surface area contributed by atoms with Gasteiger partial charge in [0.1, 0.15) is 10.0 Å². The van der Waals surface area contributed by atoms with Gasteiger partial charge in [0.15, 0.2) is 5.76 Å². The van der Waals surface area contributed by atoms with E-state index in [1.807, 2.05) is 61.7 Å². The topological polar surface area (TPSA) is 51.3 Å². The zero-order valence-corrected chi connectivity index (χ0v) is 16.3. The van der Waals surface area contributed by atoms with Gasteiger partial charge in [0.25, 0.3) is 5.91 Å². The van der Waals surface area contributed by atoms with Crippen molar-refractivity contribution in [3.63, 3.8) is 0 Å². The molecule has 136 valence electrons. The monoisotopic (exact) mass is 395 g/mol. The van der Waals surface area contributed by atoms with Crippen LogP contribution in [0.15, 0.2) is 64.2 Å². The number of benzene rings is 1. The molecule has 1 saturated heterocycles. The van der Waals surface area contributed by atoms with E-state index in [0.717, 1.165) is 17.7 Å². The van der Waals surface area contributed by atoms with Crippen molar-refractivity contribution in [2.24, 2.45) is 0 Å². The van der Waals surface area contributed by atoms with Gasteiger partial charge >= 0.3 is 0 Å². The summed E-state index contributed by atoms with van der Waals surface area (Å²) in [6.07, 6.45) is 6.23. The van der Waals surface area contributed by atoms with Gasteiger partial charge in [-0.2, -0.15) is 5.10 Å². The molecule has 1 amide bonds. The lowest BCUT2D eigenvalue weighted by Gasteiger charge is -2.11. The van der Waals surface area contributed by atoms with Crippen molar-refractivity contribution in [3.05, 3.63) is 65.4 Å². The zero-order valence-electron chi connectivity index (χ0n) is 14.7. The Morgan fingerprint density at radius 3 is 2.74 bits per heavy atom. The molecule has 7 heteroatoms. The number of furan rings is 1. The van der Waals surface area contributed by atoms with Gasteiger partial charge in [-0.1, -0.05) is 49.1 Å². The lowest BCUT2D eigenvalue weighted by molar-refractivity contribution is -0.122. The first-order valence-corrected chi connectivity index (χ1v) is 9.84. The Hall–Kier alpha value is -2.64. The molecule has 0 aliphatic carbocycles. The average molecular weight is 396 g/mol. The first-order valence-electron chi connectivity index (χ1n) is 8.61. The second-order valence-corrected chi connectivity index (χ2v) is 7.70. The first-order chi connectivity index (χ1) is 13.2. The van der Waals surface area contributed by atoms with E-state index >= 15 is 0 Å². The minimum atomic E-state index is -0.0512. The SMILES string of the molecule is CCCN1C(=O)/C(=C\c2cn(-c3ccccc3)nc2-c2ccco2)SC1=S. The molecule has 0 atom stereocenters. The molecule has 3 aromatic rings. The summed E-state index contributed by atoms with van der Waals surface area (Å²) in [6, 6.07) is 13.5. The molecule has 5 nitrogen and oxygen atoms in total. The summed E-state index contributed by atoms with van der Waals surface area (Å²) in [5, 5.41) is 4.68. The number of carbonyl (C=O) groups excluding carboxylic acids is 1. The van der Waals surface area contributed by atoms with Crippen LogP contribution in [0, 0.1) is 0 Å². The van der Waals surface area contributed by atoms with Crippen molar-refractivity contribution >= 4 is 40.3 Å². The molecular formula is C20H17N3O2S2. The van der Waals surface area contributed by atoms with E-state index in [1.165, 1.54) is 11.8 Å². The standard InChI is InChI=1S/C20H17N3O2S2/c1-2-10-22-19(24)17(27-20(22)26)12-14-13-23(15-7-4-3-5-8-15)21-18(14)16-9-6-11-25-16/h3-9,11-13H,2,10H2,1H3/b17-12+. The maximum Gasteiger partial charge on any atom is 0.266 e. The molecule has 1 fully saturated rings. The second kappa shape index (κ2) is 7.54. The molecular weight excluding hydrogens is 378 g/mol. The number of carbonyl (C=O) groups is 1. The van der Waals surface area contributed by atoms with Crippen LogP contribution >= 0.6 is 24.0 Å². The third-order valence-corrected chi connectivity index (χ3v) is 5.50. The number of amides is 1. The number of thioether (sulfide) groups is 1. The molecule has 4 rings (SSSR count). The fraction of sp³-hybridized carbons (Fsp3) is 0.150. The first kappa shape index (κ1) is 17.8. The van der Waals surface area contributed by atoms with Gasteiger partial charge in [0.05, 0.1) is 16.9 Å². The maximum atomic E-state index is 12.7. The summed E-state index contributed by atoms with van der Waals surface area (Å²) < 4.78 is 7.94. The van der Waals surface area contributed by atoms with Crippen LogP contribution in [0.1, 0.15) is 18.9 Å². The molecule has 27 heavy (non-hydrogen) atoms. The molecule has 1 aliphatic heterocycles. The van der Waals surface area contributed by atoms with Crippen molar-refractivity contribution in [3.8, 4) is 17.1 Å². The van der Waals surface area contributed by atoms with Crippen LogP contribution in [0.25, 0.3) is 23.2 Å². The number of rotatable bonds is 5. The van der Waals surface area contributed by atoms with Crippen LogP contribution < -0.4 is 0 Å². The van der Waals surface area contributed by atoms with Crippen molar-refractivity contribution in [1.82, 2.24) is 14.7 Å². The van der Waals surface area contributed by atoms with Crippen molar-refractivity contribution < 1.29 is 9.21 Å². The van der Waals surface area contributed by atoms with Gasteiger partial charge in [-0.3, -0.25) is 9.69 Å². The van der Waals surface area contributed by atoms with Crippen LogP contribution in [0.3, 0.4) is 0 Å². The Balaban J connectivity index is 1.77. The Labute approximate surface area is 166 Å². The maximum absolute atomic E-state index is 12.7. The Bertz CT molecular complexity index is 1010. The Morgan fingerprint density at radius 1 is 1.22 bits per heavy atom. The van der Waals surface area contributed by atoms with E-state index < -0.39 is 0 Å². The Morgan fingerprint density at radius 2 is 2.04 bits per heavy atom. The van der Waals surface area contributed by atoms with Gasteiger partial charge in [-0.15, -0.1) is 0 Å². The highest BCUT2D eigenvalue weighted by Crippen LogP contribution is 2.35. The van der Waals surface area contributed by atoms with Gasteiger partial charge in [-0.05, 0) is 36.8 Å². The quantitative estimate of drug-likeness (QED) is 0.461. The van der Waals surface area contributed by atoms with Crippen LogP contribution in [0.2, 0.25) is 0 Å². The summed E-state index contributed by atoms with van der Waals surface area (Å²) in [7, 11) is 0. The molecule has 0 radical (unpaired) electrons. The van der Waals surface area contributed by atoms with Crippen LogP contribution in [-0.4, -0.2) is 31.5 Å². The molecule has 0 spiro atoms. The number of hydrogen-bond acceptors (Lipinski definition) is 5. The van der Waals surface area contributed by atoms with E-state index in [1.54, 1.807) is 15.8 Å². The molecule has 0 N–H and O–H groups in total. The molecule has 0 saturated carbocycles. The van der Waals surface area contributed by atoms with Crippen LogP contribution in [0.4, 0.5) is 0 Å². The van der Waals surface area contributed by atoms with E-state index in [4.69, 9.17) is 16.6 Å². The zero-order chi connectivity index (χ0) is 18.8. The molecule has 2 aromatic heterocycles. The van der Waals surface area contributed by atoms with Crippen molar-refractivity contribution in [2.45, 2.75) is 13.3 Å². The Kier molecular flexibility index (Phi) is 4.96. The lowest BCUT2D eigenvalue weighted by Crippen LogP contribution is -2.28. The van der Waals surface area contributed by atoms with Crippen LogP contribution in [0.5, 0.6) is 0 Å². The molecule has 3 heterocycles. The van der Waals surface area contributed by atoms with Gasteiger partial charge < -0.3 is 4.42 Å². The number of thiocarbonyl (C=S) groups is 1. The second-order valence-electron chi connectivity index (χ2n) is 6.02. The fourth-order valence-electron chi connectivity index (χ4n) is 2.87. The van der Waals surface area contributed by atoms with Gasteiger partial charge in [0.2, 0.25) is 0 Å². The smallest absolute Gasteiger partial charge is 0.266 e. The summed E-state index contributed by atoms with van der Waals surface area (Å²) in [5.41, 5.74) is 2.43. The third-order valence-electron chi connectivity index (χ3n) is 4.13. The average Bonchev–Trinajstić information content (AvgIpc) is 3.40. The summed E-state index contributed by atoms with van der Waals surface area (Å²) in [6.45, 7) is 2.66. The molecule has 0 bridgehead atoms. The third kappa shape index (κ3) is 3.48. The van der Waals surface area contributed by atoms with Crippen molar-refractivity contribution in [1.29, 1.82) is 0 Å². The highest BCUT2D eigenvalue weighted by Gasteiger charge is 2.31. The van der Waals surface area contributed by atoms with Gasteiger partial charge in [0, 0.05) is 18.3 Å². The van der Waals surface area contributed by atoms with E-state index in [9.17, 15) is 4.79 Å².